The van der Waals surface area contributed by atoms with E-state index in [0.717, 1.165) is 5.56 Å². The number of hydrogen-bond donors (Lipinski definition) is 1. The van der Waals surface area contributed by atoms with Gasteiger partial charge in [-0.05, 0) is 17.2 Å². The monoisotopic (exact) mass is 324 g/mol. The van der Waals surface area contributed by atoms with E-state index in [4.69, 9.17) is 4.74 Å². The lowest BCUT2D eigenvalue weighted by Gasteiger charge is -2.13. The second-order valence-corrected chi connectivity index (χ2v) is 5.37. The molecule has 4 heteroatoms. The van der Waals surface area contributed by atoms with Gasteiger partial charge >= 0.3 is 0 Å². The normalized spacial score (nSPS) is 13.4. The summed E-state index contributed by atoms with van der Waals surface area (Å²) in [6, 6.07) is 18.4. The van der Waals surface area contributed by atoms with Gasteiger partial charge in [0.25, 0.3) is 6.47 Å². The Morgan fingerprint density at radius 1 is 1.00 bits per heavy atom. The summed E-state index contributed by atoms with van der Waals surface area (Å²) >= 11 is 0. The molecular formula is C20H20O4. The Morgan fingerprint density at radius 2 is 1.58 bits per heavy atom. The summed E-state index contributed by atoms with van der Waals surface area (Å²) < 4.78 is 5.07. The zero-order valence-corrected chi connectivity index (χ0v) is 13.2. The van der Waals surface area contributed by atoms with Crippen molar-refractivity contribution in [1.29, 1.82) is 0 Å². The summed E-state index contributed by atoms with van der Waals surface area (Å²) in [7, 11) is 0. The highest BCUT2D eigenvalue weighted by atomic mass is 16.5. The molecule has 0 aliphatic heterocycles. The van der Waals surface area contributed by atoms with Crippen LogP contribution in [0.1, 0.15) is 36.2 Å². The zero-order chi connectivity index (χ0) is 17.2. The van der Waals surface area contributed by atoms with Crippen LogP contribution in [0.25, 0.3) is 0 Å². The van der Waals surface area contributed by atoms with Crippen molar-refractivity contribution >= 4 is 12.3 Å². The molecule has 0 bridgehead atoms. The van der Waals surface area contributed by atoms with Gasteiger partial charge in [0.15, 0.2) is 5.78 Å². The number of allylic oxidation sites excluding steroid dienone is 1. The van der Waals surface area contributed by atoms with Gasteiger partial charge in [0.05, 0.1) is 6.10 Å². The average Bonchev–Trinajstić information content (AvgIpc) is 2.62. The van der Waals surface area contributed by atoms with Crippen molar-refractivity contribution in [3.63, 3.8) is 0 Å². The Labute approximate surface area is 141 Å². The first kappa shape index (κ1) is 17.6. The highest BCUT2D eigenvalue weighted by Crippen LogP contribution is 2.21. The van der Waals surface area contributed by atoms with E-state index < -0.39 is 12.2 Å². The third kappa shape index (κ3) is 5.48. The number of hydrogen-bond acceptors (Lipinski definition) is 4. The van der Waals surface area contributed by atoms with Crippen molar-refractivity contribution in [3.8, 4) is 0 Å². The number of benzene rings is 2. The largest absolute Gasteiger partial charge is 0.459 e. The summed E-state index contributed by atoms with van der Waals surface area (Å²) in [6.07, 6.45) is 2.27. The summed E-state index contributed by atoms with van der Waals surface area (Å²) in [4.78, 5) is 22.6. The molecule has 2 atom stereocenters. The SMILES string of the molecule is O=CO[C@@H](C/C=C/C(=O)C[C@@H](O)c1ccccc1)c1ccccc1. The van der Waals surface area contributed by atoms with E-state index >= 15 is 0 Å². The number of aliphatic hydroxyl groups is 1. The summed E-state index contributed by atoms with van der Waals surface area (Å²) in [5, 5.41) is 10.0. The van der Waals surface area contributed by atoms with Gasteiger partial charge in [-0.25, -0.2) is 0 Å². The quantitative estimate of drug-likeness (QED) is 0.566. The van der Waals surface area contributed by atoms with Crippen LogP contribution in [0.15, 0.2) is 72.8 Å². The van der Waals surface area contributed by atoms with Gasteiger partial charge in [-0.2, -0.15) is 0 Å². The molecule has 1 N–H and O–H groups in total. The van der Waals surface area contributed by atoms with Gasteiger partial charge in [-0.3, -0.25) is 9.59 Å². The van der Waals surface area contributed by atoms with Crippen molar-refractivity contribution in [1.82, 2.24) is 0 Å². The molecular weight excluding hydrogens is 304 g/mol. The van der Waals surface area contributed by atoms with Crippen LogP contribution < -0.4 is 0 Å². The lowest BCUT2D eigenvalue weighted by Crippen LogP contribution is -2.05. The molecule has 0 heterocycles. The van der Waals surface area contributed by atoms with E-state index in [0.29, 0.717) is 18.5 Å². The average molecular weight is 324 g/mol. The van der Waals surface area contributed by atoms with Crippen LogP contribution in [-0.2, 0) is 14.3 Å². The van der Waals surface area contributed by atoms with E-state index in [2.05, 4.69) is 0 Å². The number of rotatable bonds is 9. The number of aliphatic hydroxyl groups excluding tert-OH is 1. The minimum atomic E-state index is -0.820. The molecule has 0 aromatic heterocycles. The molecule has 0 saturated heterocycles. The first-order valence-electron chi connectivity index (χ1n) is 7.77. The summed E-state index contributed by atoms with van der Waals surface area (Å²) in [5.41, 5.74) is 1.58. The number of carbonyl (C=O) groups excluding carboxylic acids is 2. The van der Waals surface area contributed by atoms with E-state index in [1.807, 2.05) is 48.5 Å². The maximum Gasteiger partial charge on any atom is 0.293 e. The molecule has 0 spiro atoms. The van der Waals surface area contributed by atoms with Crippen LogP contribution in [-0.4, -0.2) is 17.4 Å². The minimum absolute atomic E-state index is 0.0189. The standard InChI is InChI=1S/C20H20O4/c21-15-24-20(17-10-5-2-6-11-17)13-7-12-18(22)14-19(23)16-8-3-1-4-9-16/h1-12,15,19-20,23H,13-14H2/b12-7+/t19-,20+/m1/s1. The fraction of sp³-hybridized carbons (Fsp3) is 0.200. The minimum Gasteiger partial charge on any atom is -0.459 e. The van der Waals surface area contributed by atoms with Crippen molar-refractivity contribution < 1.29 is 19.4 Å². The Hall–Kier alpha value is -2.72. The van der Waals surface area contributed by atoms with Gasteiger partial charge < -0.3 is 9.84 Å². The van der Waals surface area contributed by atoms with E-state index in [-0.39, 0.29) is 12.2 Å². The van der Waals surface area contributed by atoms with E-state index in [1.54, 1.807) is 18.2 Å². The molecule has 0 unspecified atom stereocenters. The van der Waals surface area contributed by atoms with Gasteiger partial charge in [0.2, 0.25) is 0 Å². The highest BCUT2D eigenvalue weighted by molar-refractivity contribution is 5.90. The topological polar surface area (TPSA) is 63.6 Å². The zero-order valence-electron chi connectivity index (χ0n) is 13.2. The fourth-order valence-corrected chi connectivity index (χ4v) is 2.38. The first-order valence-corrected chi connectivity index (χ1v) is 7.77. The molecule has 124 valence electrons. The Bertz CT molecular complexity index is 665. The molecule has 2 rings (SSSR count). The van der Waals surface area contributed by atoms with Crippen molar-refractivity contribution in [2.45, 2.75) is 25.0 Å². The predicted molar refractivity (Wildman–Crippen MR) is 91.1 cm³/mol. The molecule has 24 heavy (non-hydrogen) atoms. The summed E-state index contributed by atoms with van der Waals surface area (Å²) in [5.74, 6) is -0.177. The van der Waals surface area contributed by atoms with Crippen LogP contribution in [0.3, 0.4) is 0 Å². The predicted octanol–water partition coefficient (Wildman–Crippen LogP) is 3.54. The third-order valence-electron chi connectivity index (χ3n) is 3.62. The smallest absolute Gasteiger partial charge is 0.293 e. The van der Waals surface area contributed by atoms with Crippen LogP contribution in [0.5, 0.6) is 0 Å². The van der Waals surface area contributed by atoms with Gasteiger partial charge in [0.1, 0.15) is 6.10 Å². The lowest BCUT2D eigenvalue weighted by molar-refractivity contribution is -0.133. The molecule has 2 aromatic carbocycles. The molecule has 0 saturated carbocycles. The van der Waals surface area contributed by atoms with Gasteiger partial charge in [0, 0.05) is 12.8 Å². The maximum atomic E-state index is 11.9. The number of ether oxygens (including phenoxy) is 1. The van der Waals surface area contributed by atoms with E-state index in [9.17, 15) is 14.7 Å². The molecule has 4 nitrogen and oxygen atoms in total. The number of carbonyl (C=O) groups is 2. The van der Waals surface area contributed by atoms with Gasteiger partial charge in [-0.15, -0.1) is 0 Å². The van der Waals surface area contributed by atoms with E-state index in [1.165, 1.54) is 6.08 Å². The first-order chi connectivity index (χ1) is 11.7. The molecule has 0 aliphatic rings. The van der Waals surface area contributed by atoms with Crippen LogP contribution in [0, 0.1) is 0 Å². The van der Waals surface area contributed by atoms with Crippen molar-refractivity contribution in [2.24, 2.45) is 0 Å². The second kappa shape index (κ2) is 9.43. The molecule has 0 fully saturated rings. The lowest BCUT2D eigenvalue weighted by atomic mass is 10.0. The Balaban J connectivity index is 1.89. The maximum absolute atomic E-state index is 11.9. The molecule has 2 aromatic rings. The Kier molecular flexibility index (Phi) is 6.92. The number of ketones is 1. The second-order valence-electron chi connectivity index (χ2n) is 5.37. The van der Waals surface area contributed by atoms with Crippen molar-refractivity contribution in [2.75, 3.05) is 0 Å². The van der Waals surface area contributed by atoms with Crippen LogP contribution in [0.4, 0.5) is 0 Å². The van der Waals surface area contributed by atoms with Gasteiger partial charge in [-0.1, -0.05) is 66.7 Å². The third-order valence-corrected chi connectivity index (χ3v) is 3.62. The molecule has 0 amide bonds. The summed E-state index contributed by atoms with van der Waals surface area (Å²) in [6.45, 7) is 0.409. The fourth-order valence-electron chi connectivity index (χ4n) is 2.38. The van der Waals surface area contributed by atoms with Crippen molar-refractivity contribution in [3.05, 3.63) is 83.9 Å². The molecule has 0 aliphatic carbocycles. The Morgan fingerprint density at radius 3 is 2.17 bits per heavy atom. The van der Waals surface area contributed by atoms with Crippen LogP contribution >= 0.6 is 0 Å². The molecule has 0 radical (unpaired) electrons. The van der Waals surface area contributed by atoms with Crippen LogP contribution in [0.2, 0.25) is 0 Å². The highest BCUT2D eigenvalue weighted by Gasteiger charge is 2.12.